The van der Waals surface area contributed by atoms with Gasteiger partial charge in [-0.25, -0.2) is 4.79 Å². The zero-order valence-corrected chi connectivity index (χ0v) is 36.6. The molecular formula is C48H86N2O7. The minimum Gasteiger partial charge on any atom is -0.480 e. The van der Waals surface area contributed by atoms with Crippen LogP contribution in [-0.4, -0.2) is 59.3 Å². The van der Waals surface area contributed by atoms with Crippen molar-refractivity contribution < 1.29 is 34.1 Å². The van der Waals surface area contributed by atoms with Crippen molar-refractivity contribution in [2.24, 2.45) is 0 Å². The number of rotatable bonds is 42. The number of hydrogen-bond acceptors (Lipinski definition) is 6. The molecular weight excluding hydrogens is 717 g/mol. The highest BCUT2D eigenvalue weighted by molar-refractivity contribution is 5.87. The lowest BCUT2D eigenvalue weighted by atomic mass is 10.0. The number of aliphatic hydroxyl groups is 1. The number of carboxylic acid groups (broad SMARTS) is 1. The van der Waals surface area contributed by atoms with E-state index in [4.69, 9.17) is 14.9 Å². The summed E-state index contributed by atoms with van der Waals surface area (Å²) < 4.78 is 6.04. The van der Waals surface area contributed by atoms with Gasteiger partial charge < -0.3 is 25.6 Å². The van der Waals surface area contributed by atoms with Gasteiger partial charge in [0.2, 0.25) is 11.8 Å². The molecule has 9 heteroatoms. The van der Waals surface area contributed by atoms with E-state index in [9.17, 15) is 19.2 Å². The van der Waals surface area contributed by atoms with Crippen LogP contribution in [0.3, 0.4) is 0 Å². The molecule has 0 rings (SSSR count). The molecule has 0 aromatic carbocycles. The van der Waals surface area contributed by atoms with Crippen LogP contribution in [0.1, 0.15) is 219 Å². The van der Waals surface area contributed by atoms with E-state index in [2.05, 4.69) is 60.9 Å². The lowest BCUT2D eigenvalue weighted by molar-refractivity contribution is -0.150. The van der Waals surface area contributed by atoms with Crippen molar-refractivity contribution >= 4 is 23.8 Å². The second-order valence-corrected chi connectivity index (χ2v) is 15.8. The molecule has 0 aromatic heterocycles. The summed E-state index contributed by atoms with van der Waals surface area (Å²) in [7, 11) is 0. The molecule has 0 saturated heterocycles. The molecule has 0 bridgehead atoms. The van der Waals surface area contributed by atoms with Gasteiger partial charge in [-0.3, -0.25) is 14.4 Å². The normalized spacial score (nSPS) is 12.8. The second kappa shape index (κ2) is 42.7. The number of ether oxygens (including phenoxy) is 1. The predicted molar refractivity (Wildman–Crippen MR) is 236 cm³/mol. The van der Waals surface area contributed by atoms with Crippen molar-refractivity contribution in [2.75, 3.05) is 13.2 Å². The lowest BCUT2D eigenvalue weighted by Gasteiger charge is -2.18. The summed E-state index contributed by atoms with van der Waals surface area (Å²) in [5.41, 5.74) is 0. The lowest BCUT2D eigenvalue weighted by Crippen LogP contribution is -2.47. The van der Waals surface area contributed by atoms with Gasteiger partial charge in [-0.2, -0.15) is 0 Å². The minimum atomic E-state index is -1.38. The smallest absolute Gasteiger partial charge is 0.328 e. The third-order valence-electron chi connectivity index (χ3n) is 10.4. The quantitative estimate of drug-likeness (QED) is 0.0273. The van der Waals surface area contributed by atoms with E-state index >= 15 is 0 Å². The standard InChI is InChI=1S/C48H86N2O7/c1-3-5-7-9-11-13-15-17-18-19-20-21-23-25-27-32-36-40-47(54)57-43(37-33-29-26-24-22-16-14-12-10-8-6-4-2)38-34-30-28-31-35-39-45(52)49-41-46(53)50-44(42-51)48(55)56/h5,7,11,13,17-18,43-44,51H,3-4,6,8-10,12,14-16,19-42H2,1-2H3,(H,49,52)(H,50,53)(H,55,56)/b7-5-,13-11-,18-17-. The summed E-state index contributed by atoms with van der Waals surface area (Å²) in [6.45, 7) is 3.39. The summed E-state index contributed by atoms with van der Waals surface area (Å²) in [5.74, 6) is -2.29. The Hall–Kier alpha value is -2.94. The van der Waals surface area contributed by atoms with Gasteiger partial charge in [-0.15, -0.1) is 0 Å². The van der Waals surface area contributed by atoms with Gasteiger partial charge in [0.1, 0.15) is 12.1 Å². The van der Waals surface area contributed by atoms with Crippen molar-refractivity contribution in [1.29, 1.82) is 0 Å². The van der Waals surface area contributed by atoms with E-state index in [1.807, 2.05) is 0 Å². The molecule has 0 aliphatic rings. The molecule has 9 nitrogen and oxygen atoms in total. The highest BCUT2D eigenvalue weighted by atomic mass is 16.5. The first-order chi connectivity index (χ1) is 27.8. The molecule has 330 valence electrons. The maximum atomic E-state index is 12.8. The van der Waals surface area contributed by atoms with Crippen LogP contribution in [0.2, 0.25) is 0 Å². The van der Waals surface area contributed by atoms with Crippen LogP contribution >= 0.6 is 0 Å². The van der Waals surface area contributed by atoms with Crippen molar-refractivity contribution in [3.8, 4) is 0 Å². The molecule has 0 fully saturated rings. The number of unbranched alkanes of at least 4 members (excludes halogenated alkanes) is 22. The van der Waals surface area contributed by atoms with Crippen LogP contribution in [0.25, 0.3) is 0 Å². The molecule has 57 heavy (non-hydrogen) atoms. The Kier molecular flexibility index (Phi) is 40.5. The van der Waals surface area contributed by atoms with E-state index in [0.717, 1.165) is 83.5 Å². The molecule has 2 amide bonds. The van der Waals surface area contributed by atoms with Gasteiger partial charge in [-0.1, -0.05) is 172 Å². The maximum absolute atomic E-state index is 12.8. The number of hydrogen-bond donors (Lipinski definition) is 4. The Morgan fingerprint density at radius 2 is 1.00 bits per heavy atom. The van der Waals surface area contributed by atoms with E-state index in [0.29, 0.717) is 19.3 Å². The molecule has 2 unspecified atom stereocenters. The number of esters is 1. The highest BCUT2D eigenvalue weighted by Gasteiger charge is 2.19. The Labute approximate surface area is 348 Å². The number of carbonyl (C=O) groups is 4. The fourth-order valence-corrected chi connectivity index (χ4v) is 6.85. The summed E-state index contributed by atoms with van der Waals surface area (Å²) >= 11 is 0. The first-order valence-corrected chi connectivity index (χ1v) is 23.4. The first kappa shape index (κ1) is 54.1. The molecule has 0 heterocycles. The number of allylic oxidation sites excluding steroid dienone is 6. The molecule has 0 spiro atoms. The van der Waals surface area contributed by atoms with Crippen molar-refractivity contribution in [3.05, 3.63) is 36.5 Å². The van der Waals surface area contributed by atoms with Crippen LogP contribution in [0.15, 0.2) is 36.5 Å². The SMILES string of the molecule is CC/C=C\C/C=C\C/C=C\CCCCCCCCCC(=O)OC(CCCCCCCCCCCCCC)CCCCCCCC(=O)NCC(=O)NC(CO)C(=O)O. The van der Waals surface area contributed by atoms with Gasteiger partial charge in [0.15, 0.2) is 0 Å². The van der Waals surface area contributed by atoms with Gasteiger partial charge in [-0.05, 0) is 70.6 Å². The first-order valence-electron chi connectivity index (χ1n) is 23.4. The van der Waals surface area contributed by atoms with Crippen LogP contribution in [-0.2, 0) is 23.9 Å². The molecule has 0 aliphatic heterocycles. The highest BCUT2D eigenvalue weighted by Crippen LogP contribution is 2.19. The predicted octanol–water partition coefficient (Wildman–Crippen LogP) is 11.8. The Morgan fingerprint density at radius 1 is 0.544 bits per heavy atom. The molecule has 4 N–H and O–H groups in total. The van der Waals surface area contributed by atoms with E-state index < -0.39 is 24.5 Å². The van der Waals surface area contributed by atoms with Crippen molar-refractivity contribution in [2.45, 2.75) is 231 Å². The fraction of sp³-hybridized carbons (Fsp3) is 0.792. The molecule has 2 atom stereocenters. The van der Waals surface area contributed by atoms with Crippen LogP contribution in [0.5, 0.6) is 0 Å². The fourth-order valence-electron chi connectivity index (χ4n) is 6.85. The third-order valence-corrected chi connectivity index (χ3v) is 10.4. The maximum Gasteiger partial charge on any atom is 0.328 e. The number of nitrogens with one attached hydrogen (secondary N) is 2. The summed E-state index contributed by atoms with van der Waals surface area (Å²) in [6.07, 6.45) is 48.8. The van der Waals surface area contributed by atoms with Crippen LogP contribution in [0, 0.1) is 0 Å². The second-order valence-electron chi connectivity index (χ2n) is 15.8. The summed E-state index contributed by atoms with van der Waals surface area (Å²) in [5, 5.41) is 22.6. The Balaban J connectivity index is 4.30. The topological polar surface area (TPSA) is 142 Å². The van der Waals surface area contributed by atoms with Crippen molar-refractivity contribution in [3.63, 3.8) is 0 Å². The monoisotopic (exact) mass is 803 g/mol. The number of aliphatic hydroxyl groups excluding tert-OH is 1. The number of amides is 2. The number of aliphatic carboxylic acids is 1. The largest absolute Gasteiger partial charge is 0.480 e. The summed E-state index contributed by atoms with van der Waals surface area (Å²) in [4.78, 5) is 47.7. The third kappa shape index (κ3) is 39.7. The average Bonchev–Trinajstić information content (AvgIpc) is 3.20. The number of carboxylic acids is 1. The summed E-state index contributed by atoms with van der Waals surface area (Å²) in [6, 6.07) is -1.38. The van der Waals surface area contributed by atoms with Gasteiger partial charge in [0, 0.05) is 12.8 Å². The Morgan fingerprint density at radius 3 is 1.51 bits per heavy atom. The molecule has 0 aromatic rings. The van der Waals surface area contributed by atoms with E-state index in [1.54, 1.807) is 0 Å². The van der Waals surface area contributed by atoms with Gasteiger partial charge in [0.25, 0.3) is 0 Å². The Bertz CT molecular complexity index is 1060. The zero-order valence-electron chi connectivity index (χ0n) is 36.6. The van der Waals surface area contributed by atoms with E-state index in [1.165, 1.54) is 103 Å². The number of carbonyl (C=O) groups excluding carboxylic acids is 3. The zero-order chi connectivity index (χ0) is 41.9. The van der Waals surface area contributed by atoms with Gasteiger partial charge in [0.05, 0.1) is 13.2 Å². The van der Waals surface area contributed by atoms with Crippen LogP contribution in [0.4, 0.5) is 0 Å². The molecule has 0 radical (unpaired) electrons. The van der Waals surface area contributed by atoms with Crippen molar-refractivity contribution in [1.82, 2.24) is 10.6 Å². The van der Waals surface area contributed by atoms with Gasteiger partial charge >= 0.3 is 11.9 Å². The average molecular weight is 803 g/mol. The van der Waals surface area contributed by atoms with Crippen LogP contribution < -0.4 is 10.6 Å². The minimum absolute atomic E-state index is 0.0166. The molecule has 0 aliphatic carbocycles. The van der Waals surface area contributed by atoms with E-state index in [-0.39, 0.29) is 24.5 Å². The molecule has 0 saturated carbocycles.